The van der Waals surface area contributed by atoms with Gasteiger partial charge in [0.2, 0.25) is 32.8 Å². The summed E-state index contributed by atoms with van der Waals surface area (Å²) in [5, 5.41) is 4.77. The highest BCUT2D eigenvalue weighted by Crippen LogP contribution is 2.31. The van der Waals surface area contributed by atoms with Crippen molar-refractivity contribution in [2.24, 2.45) is 0 Å². The summed E-state index contributed by atoms with van der Waals surface area (Å²) in [6.07, 6.45) is 23.5. The molecule has 5 amide bonds. The minimum absolute atomic E-state index is 0.0312. The lowest BCUT2D eigenvalue weighted by molar-refractivity contribution is -0.131. The Bertz CT molecular complexity index is 5690. The van der Waals surface area contributed by atoms with Crippen LogP contribution in [0.15, 0.2) is 246 Å². The molecule has 9 aromatic carbocycles. The fourth-order valence-electron chi connectivity index (χ4n) is 13.5. The third-order valence-corrected chi connectivity index (χ3v) is 24.5. The predicted octanol–water partition coefficient (Wildman–Crippen LogP) is 20.1. The molecule has 706 valence electrons. The second-order valence-electron chi connectivity index (χ2n) is 31.0. The predicted molar refractivity (Wildman–Crippen MR) is 530 cm³/mol. The van der Waals surface area contributed by atoms with Gasteiger partial charge in [0.1, 0.15) is 23.0 Å². The number of hydrogen-bond acceptors (Lipinski definition) is 15. The topological polar surface area (TPSA) is 270 Å². The number of halogens is 4. The maximum Gasteiger partial charge on any atom is 0.273 e. The molecule has 28 heteroatoms. The zero-order valence-corrected chi connectivity index (χ0v) is 81.4. The Morgan fingerprint density at radius 1 is 0.466 bits per heavy atom. The number of methoxy groups -OCH3 is 1. The van der Waals surface area contributed by atoms with Crippen LogP contribution in [0.2, 0.25) is 20.1 Å². The first-order valence-electron chi connectivity index (χ1n) is 44.5. The minimum atomic E-state index is -3.64. The molecule has 3 N–H and O–H groups in total. The Kier molecular flexibility index (Phi) is 47.5. The van der Waals surface area contributed by atoms with E-state index in [0.717, 1.165) is 120 Å². The van der Waals surface area contributed by atoms with Crippen molar-refractivity contribution in [1.82, 2.24) is 34.4 Å². The Balaban J connectivity index is 0.000000246. The van der Waals surface area contributed by atoms with E-state index in [1.807, 2.05) is 161 Å². The van der Waals surface area contributed by atoms with Gasteiger partial charge in [-0.05, 0) is 201 Å². The van der Waals surface area contributed by atoms with Crippen LogP contribution >= 0.6 is 46.4 Å². The molecule has 0 saturated carbocycles. The van der Waals surface area contributed by atoms with Gasteiger partial charge in [0.15, 0.2) is 5.78 Å². The number of amides is 5. The van der Waals surface area contributed by atoms with Gasteiger partial charge in [-0.25, -0.2) is 21.6 Å². The quantitative estimate of drug-likeness (QED) is 0.0182. The highest BCUT2D eigenvalue weighted by atomic mass is 35.5. The maximum absolute atomic E-state index is 13.5. The Morgan fingerprint density at radius 2 is 0.895 bits per heavy atom. The number of rotatable bonds is 49. The number of unbranched alkanes of at least 4 members (excludes halogenated alkanes) is 2. The van der Waals surface area contributed by atoms with Crippen LogP contribution in [0.4, 0.5) is 0 Å². The van der Waals surface area contributed by atoms with Gasteiger partial charge in [0, 0.05) is 126 Å². The summed E-state index contributed by atoms with van der Waals surface area (Å²) < 4.78 is 79.8. The van der Waals surface area contributed by atoms with Crippen molar-refractivity contribution in [3.05, 3.63) is 318 Å². The van der Waals surface area contributed by atoms with Crippen molar-refractivity contribution in [1.29, 1.82) is 0 Å². The largest absolute Gasteiger partial charge is 0.496 e. The van der Waals surface area contributed by atoms with Gasteiger partial charge < -0.3 is 48.3 Å². The molecule has 10 rings (SSSR count). The van der Waals surface area contributed by atoms with Gasteiger partial charge in [-0.3, -0.25) is 28.8 Å². The molecule has 1 aromatic heterocycles. The average molecular weight is 1930 g/mol. The van der Waals surface area contributed by atoms with Crippen molar-refractivity contribution in [3.8, 4) is 47.7 Å². The number of benzene rings is 9. The Hall–Kier alpha value is -11.7. The molecule has 10 aromatic rings. The number of hydrogen-bond donors (Lipinski definition) is 3. The molecule has 0 spiro atoms. The molecule has 0 saturated heterocycles. The molecule has 1 heterocycles. The van der Waals surface area contributed by atoms with Gasteiger partial charge in [0.25, 0.3) is 21.8 Å². The highest BCUT2D eigenvalue weighted by Gasteiger charge is 2.25. The summed E-state index contributed by atoms with van der Waals surface area (Å²) in [5.41, 5.74) is 9.91. The van der Waals surface area contributed by atoms with E-state index in [1.54, 1.807) is 53.4 Å². The first-order chi connectivity index (χ1) is 64.1. The Labute approximate surface area is 805 Å². The van der Waals surface area contributed by atoms with Gasteiger partial charge in [-0.15, -0.1) is 18.8 Å². The second kappa shape index (κ2) is 58.4. The molecule has 0 aliphatic rings. The summed E-state index contributed by atoms with van der Waals surface area (Å²) in [5.74, 6) is 7.02. The van der Waals surface area contributed by atoms with E-state index in [9.17, 15) is 45.6 Å². The van der Waals surface area contributed by atoms with Crippen LogP contribution in [0.5, 0.6) is 23.0 Å². The van der Waals surface area contributed by atoms with E-state index in [1.165, 1.54) is 50.8 Å². The second-order valence-corrected chi connectivity index (χ2v) is 36.3. The normalized spacial score (nSPS) is 10.8. The number of nitrogens with zero attached hydrogens (tertiary/aromatic N) is 4. The summed E-state index contributed by atoms with van der Waals surface area (Å²) in [6, 6.07) is 64.1. The van der Waals surface area contributed by atoms with Gasteiger partial charge in [-0.1, -0.05) is 216 Å². The molecular formula is C105H121Cl4N7O15S2. The van der Waals surface area contributed by atoms with E-state index >= 15 is 0 Å². The van der Waals surface area contributed by atoms with Crippen LogP contribution in [-0.2, 0) is 92.6 Å². The molecular weight excluding hydrogens is 1810 g/mol. The van der Waals surface area contributed by atoms with Crippen molar-refractivity contribution < 1.29 is 69.0 Å². The first kappa shape index (κ1) is 108. The molecule has 0 fully saturated rings. The smallest absolute Gasteiger partial charge is 0.273 e. The number of furan rings is 1. The maximum atomic E-state index is 13.5. The lowest BCUT2D eigenvalue weighted by atomic mass is 10.0. The van der Waals surface area contributed by atoms with Crippen molar-refractivity contribution in [3.63, 3.8) is 0 Å². The fourth-order valence-corrected chi connectivity index (χ4v) is 15.9. The summed E-state index contributed by atoms with van der Waals surface area (Å²) >= 11 is 24.7. The lowest BCUT2D eigenvalue weighted by Gasteiger charge is -2.25. The summed E-state index contributed by atoms with van der Waals surface area (Å²) in [7, 11) is -4.48. The number of ether oxygens (including phenoxy) is 4. The third kappa shape index (κ3) is 37.4. The zero-order valence-electron chi connectivity index (χ0n) is 76.8. The number of ketones is 1. The minimum Gasteiger partial charge on any atom is -0.496 e. The van der Waals surface area contributed by atoms with E-state index in [0.29, 0.717) is 165 Å². The number of Topliss-reactive ketones (excluding diaryl/α,β-unsaturated/α-hetero) is 1. The van der Waals surface area contributed by atoms with Crippen molar-refractivity contribution in [2.75, 3.05) is 79.8 Å². The van der Waals surface area contributed by atoms with E-state index in [-0.39, 0.29) is 51.9 Å². The van der Waals surface area contributed by atoms with Crippen LogP contribution < -0.4 is 33.7 Å². The van der Waals surface area contributed by atoms with E-state index in [2.05, 4.69) is 60.9 Å². The number of nitrogens with one attached hydrogen (secondary N) is 3. The number of terminal acetylenes is 2. The first-order valence-corrected chi connectivity index (χ1v) is 49.0. The molecule has 133 heavy (non-hydrogen) atoms. The van der Waals surface area contributed by atoms with Gasteiger partial charge >= 0.3 is 0 Å². The Morgan fingerprint density at radius 3 is 1.32 bits per heavy atom. The zero-order chi connectivity index (χ0) is 96.5. The molecule has 0 bridgehead atoms. The third-order valence-electron chi connectivity index (χ3n) is 20.8. The van der Waals surface area contributed by atoms with Crippen LogP contribution in [0.25, 0.3) is 0 Å². The summed E-state index contributed by atoms with van der Waals surface area (Å²) in [6.45, 7) is 20.2. The lowest BCUT2D eigenvalue weighted by Crippen LogP contribution is -2.34. The molecule has 0 atom stereocenters. The average Bonchev–Trinajstić information content (AvgIpc) is 1.64. The molecule has 0 aliphatic heterocycles. The molecule has 0 unspecified atom stereocenters. The van der Waals surface area contributed by atoms with Crippen molar-refractivity contribution >= 4 is 102 Å². The van der Waals surface area contributed by atoms with Gasteiger partial charge in [-0.2, -0.15) is 4.72 Å². The van der Waals surface area contributed by atoms with Crippen LogP contribution in [-0.4, -0.2) is 152 Å². The number of carbonyl (C=O) groups excluding carboxylic acids is 6. The monoisotopic (exact) mass is 1920 g/mol. The van der Waals surface area contributed by atoms with Crippen LogP contribution in [0.3, 0.4) is 0 Å². The van der Waals surface area contributed by atoms with Crippen LogP contribution in [0.1, 0.15) is 174 Å². The standard InChI is InChI=1S/C35H45ClN2O3.C31H32ClNO3.C24H27ClN2O4S.C15H17ClN2O5S/c1-4-7-21-37(22-8-5-2)35(40)30-16-14-28(15-17-30)20-23-38(34(39)25-29-12-10-9-11-13-29)27-31-26-32(36)18-19-33(31)41-24-6-3;1-3-5-11-29(34)26-14-12-24(13-15-26)18-19-33(31(35)21-25-9-7-6-8-10-25)23-27-22-28(32)16-17-30(27)36-20-4-2;1-4-14-26-32(29,30)22-10-7-19(8-11-22)13-15-27(24(28)6-3)18-20-17-21(25)9-12-23(20)31-16-5-2;1-17-24(20,21)14-7-10(9-23-14)5-6-18-15(19)12-8-11(16)3-4-13(12)22-2/h9-19,26H,4-8,20-25,27H2,1-3H3;1,6-10,12-17,22H,4-5,11,18-21,23H2,2H3;1,6-12,17,26H,3,5,13-16,18H2,2H3;3-4,7-9,17H,5-6H2,1-2H3,(H,18,19). The molecule has 0 aliphatic carbocycles. The number of carbonyl (C=O) groups is 6. The van der Waals surface area contributed by atoms with Crippen molar-refractivity contribution in [2.45, 2.75) is 161 Å². The van der Waals surface area contributed by atoms with Gasteiger partial charge in [0.05, 0.1) is 63.0 Å². The summed E-state index contributed by atoms with van der Waals surface area (Å²) in [4.78, 5) is 84.5. The molecule has 0 radical (unpaired) electrons. The SMILES string of the molecule is C#CCCC(=O)c1ccc(CCN(Cc2cc(Cl)ccc2OCCC)C(=O)Cc2ccccc2)cc1.C#CCNS(=O)(=O)c1ccc(CCN(Cc2cc(Cl)ccc2OCCC)C(=O)C=C)cc1.CCCCN(CCCC)C(=O)c1ccc(CCN(Cc2cc(Cl)ccc2OCCC)C(=O)Cc2ccccc2)cc1.CNS(=O)(=O)c1cc(CCNC(=O)c2cc(Cl)ccc2OC)co1. The highest BCUT2D eigenvalue weighted by molar-refractivity contribution is 7.89. The number of sulfonamides is 2. The van der Waals surface area contributed by atoms with E-state index in [4.69, 9.17) is 82.6 Å². The fraction of sp³-hybridized carbons (Fsp3) is 0.333. The van der Waals surface area contributed by atoms with Crippen LogP contribution in [0, 0.1) is 24.7 Å². The van der Waals surface area contributed by atoms with E-state index < -0.39 is 20.0 Å². The molecule has 22 nitrogen and oxygen atoms in total.